The first-order valence-corrected chi connectivity index (χ1v) is 8.58. The Balaban J connectivity index is 1.59. The van der Waals surface area contributed by atoms with Crippen molar-refractivity contribution in [3.63, 3.8) is 0 Å². The van der Waals surface area contributed by atoms with Crippen LogP contribution in [0.2, 0.25) is 0 Å². The first-order valence-electron chi connectivity index (χ1n) is 8.58. The van der Waals surface area contributed by atoms with Gasteiger partial charge in [-0.1, -0.05) is 49.6 Å². The van der Waals surface area contributed by atoms with E-state index in [4.69, 9.17) is 5.11 Å². The second-order valence-corrected chi connectivity index (χ2v) is 6.47. The highest BCUT2D eigenvalue weighted by molar-refractivity contribution is 5.14. The van der Waals surface area contributed by atoms with Gasteiger partial charge in [0.05, 0.1) is 37.0 Å². The molecule has 0 saturated carbocycles. The summed E-state index contributed by atoms with van der Waals surface area (Å²) >= 11 is 0. The smallest absolute Gasteiger partial charge is 0.0993 e. The minimum absolute atomic E-state index is 0.249. The number of rotatable bonds is 9. The van der Waals surface area contributed by atoms with Crippen molar-refractivity contribution in [2.45, 2.75) is 68.9 Å². The lowest BCUT2D eigenvalue weighted by atomic mass is 9.98. The standard InChI is InChI=1S/C18H29NO4/c20-12-14-17(22)18(23)16(19-14)15(21)11-7-2-1-4-8-13-9-5-3-6-10-13/h3,5-6,9-10,14-23H,1-2,4,7-8,11-12H2/t14-,15+,16-,17-,18-/m1/s1. The molecule has 0 amide bonds. The van der Waals surface area contributed by atoms with Crippen LogP contribution in [-0.2, 0) is 6.42 Å². The van der Waals surface area contributed by atoms with Gasteiger partial charge in [-0.2, -0.15) is 0 Å². The number of aliphatic hydroxyl groups excluding tert-OH is 4. The Labute approximate surface area is 138 Å². The van der Waals surface area contributed by atoms with Crippen molar-refractivity contribution in [1.29, 1.82) is 0 Å². The van der Waals surface area contributed by atoms with Gasteiger partial charge in [-0.25, -0.2) is 0 Å². The number of unbranched alkanes of at least 4 members (excludes halogenated alkanes) is 3. The van der Waals surface area contributed by atoms with Gasteiger partial charge in [-0.05, 0) is 24.8 Å². The summed E-state index contributed by atoms with van der Waals surface area (Å²) in [5.74, 6) is 0. The van der Waals surface area contributed by atoms with Gasteiger partial charge in [0.2, 0.25) is 0 Å². The van der Waals surface area contributed by atoms with E-state index in [9.17, 15) is 15.3 Å². The minimum Gasteiger partial charge on any atom is -0.395 e. The summed E-state index contributed by atoms with van der Waals surface area (Å²) < 4.78 is 0. The number of nitrogens with one attached hydrogen (secondary N) is 1. The fourth-order valence-electron chi connectivity index (χ4n) is 3.25. The predicted octanol–water partition coefficient (Wildman–Crippen LogP) is 0.595. The molecule has 0 aliphatic carbocycles. The molecule has 1 aromatic carbocycles. The number of hydrogen-bond acceptors (Lipinski definition) is 5. The van der Waals surface area contributed by atoms with Crippen LogP contribution in [0.4, 0.5) is 0 Å². The average Bonchev–Trinajstić information content (AvgIpc) is 2.87. The maximum absolute atomic E-state index is 10.2. The fraction of sp³-hybridized carbons (Fsp3) is 0.667. The Morgan fingerprint density at radius 2 is 1.65 bits per heavy atom. The Morgan fingerprint density at radius 3 is 2.30 bits per heavy atom. The van der Waals surface area contributed by atoms with Crippen LogP contribution in [0.5, 0.6) is 0 Å². The zero-order valence-corrected chi connectivity index (χ0v) is 13.5. The molecule has 1 aromatic rings. The molecular weight excluding hydrogens is 294 g/mol. The van der Waals surface area contributed by atoms with Crippen molar-refractivity contribution in [3.8, 4) is 0 Å². The van der Waals surface area contributed by atoms with Gasteiger partial charge in [0.1, 0.15) is 0 Å². The van der Waals surface area contributed by atoms with Gasteiger partial charge in [-0.15, -0.1) is 0 Å². The predicted molar refractivity (Wildman–Crippen MR) is 89.0 cm³/mol. The monoisotopic (exact) mass is 323 g/mol. The van der Waals surface area contributed by atoms with Crippen LogP contribution in [0.3, 0.4) is 0 Å². The van der Waals surface area contributed by atoms with Crippen molar-refractivity contribution >= 4 is 0 Å². The molecule has 0 bridgehead atoms. The van der Waals surface area contributed by atoms with E-state index >= 15 is 0 Å². The second kappa shape index (κ2) is 9.35. The number of aliphatic hydroxyl groups is 4. The molecule has 0 spiro atoms. The molecule has 1 aliphatic heterocycles. The van der Waals surface area contributed by atoms with Gasteiger partial charge < -0.3 is 25.7 Å². The van der Waals surface area contributed by atoms with Crippen molar-refractivity contribution < 1.29 is 20.4 Å². The number of benzene rings is 1. The lowest BCUT2D eigenvalue weighted by Crippen LogP contribution is -2.44. The van der Waals surface area contributed by atoms with Crippen molar-refractivity contribution in [2.75, 3.05) is 6.61 Å². The maximum atomic E-state index is 10.2. The highest BCUT2D eigenvalue weighted by Gasteiger charge is 2.43. The topological polar surface area (TPSA) is 93.0 Å². The third-order valence-electron chi connectivity index (χ3n) is 4.71. The summed E-state index contributed by atoms with van der Waals surface area (Å²) in [4.78, 5) is 0. The van der Waals surface area contributed by atoms with E-state index in [-0.39, 0.29) is 6.61 Å². The molecule has 1 saturated heterocycles. The molecule has 1 heterocycles. The first kappa shape index (κ1) is 18.4. The van der Waals surface area contributed by atoms with E-state index in [0.29, 0.717) is 6.42 Å². The van der Waals surface area contributed by atoms with Crippen molar-refractivity contribution in [2.24, 2.45) is 0 Å². The molecular formula is C18H29NO4. The normalized spacial score (nSPS) is 28.9. The largest absolute Gasteiger partial charge is 0.395 e. The SMILES string of the molecule is OC[C@H]1N[C@H]([C@@H](O)CCCCCCc2ccccc2)[C@@H](O)[C@@H]1O. The summed E-state index contributed by atoms with van der Waals surface area (Å²) in [6, 6.07) is 9.29. The Hall–Kier alpha value is -0.980. The molecule has 1 fully saturated rings. The first-order chi connectivity index (χ1) is 11.1. The summed E-state index contributed by atoms with van der Waals surface area (Å²) in [7, 11) is 0. The van der Waals surface area contributed by atoms with E-state index < -0.39 is 30.4 Å². The van der Waals surface area contributed by atoms with Crippen LogP contribution in [-0.4, -0.2) is 57.4 Å². The highest BCUT2D eigenvalue weighted by Crippen LogP contribution is 2.20. The molecule has 5 nitrogen and oxygen atoms in total. The summed E-state index contributed by atoms with van der Waals surface area (Å²) in [6.45, 7) is -0.249. The molecule has 0 unspecified atom stereocenters. The third-order valence-corrected chi connectivity index (χ3v) is 4.71. The van der Waals surface area contributed by atoms with Crippen LogP contribution < -0.4 is 5.32 Å². The molecule has 0 radical (unpaired) electrons. The maximum Gasteiger partial charge on any atom is 0.0993 e. The number of aryl methyl sites for hydroxylation is 1. The molecule has 5 atom stereocenters. The van der Waals surface area contributed by atoms with Gasteiger partial charge in [-0.3, -0.25) is 0 Å². The molecule has 1 aliphatic rings. The Kier molecular flexibility index (Phi) is 7.46. The summed E-state index contributed by atoms with van der Waals surface area (Å²) in [5.41, 5.74) is 1.36. The number of hydrogen-bond donors (Lipinski definition) is 5. The van der Waals surface area contributed by atoms with E-state index in [0.717, 1.165) is 32.1 Å². The molecule has 0 aromatic heterocycles. The van der Waals surface area contributed by atoms with Crippen LogP contribution in [0, 0.1) is 0 Å². The van der Waals surface area contributed by atoms with Gasteiger partial charge in [0.25, 0.3) is 0 Å². The fourth-order valence-corrected chi connectivity index (χ4v) is 3.25. The van der Waals surface area contributed by atoms with E-state index in [1.54, 1.807) is 0 Å². The Morgan fingerprint density at radius 1 is 0.957 bits per heavy atom. The zero-order chi connectivity index (χ0) is 16.7. The van der Waals surface area contributed by atoms with Crippen molar-refractivity contribution in [3.05, 3.63) is 35.9 Å². The quantitative estimate of drug-likeness (QED) is 0.429. The molecule has 23 heavy (non-hydrogen) atoms. The van der Waals surface area contributed by atoms with Gasteiger partial charge in [0.15, 0.2) is 0 Å². The molecule has 5 N–H and O–H groups in total. The van der Waals surface area contributed by atoms with Gasteiger partial charge in [0, 0.05) is 0 Å². The highest BCUT2D eigenvalue weighted by atomic mass is 16.3. The van der Waals surface area contributed by atoms with Crippen LogP contribution in [0.25, 0.3) is 0 Å². The third kappa shape index (κ3) is 5.26. The van der Waals surface area contributed by atoms with Crippen molar-refractivity contribution in [1.82, 2.24) is 5.32 Å². The summed E-state index contributed by atoms with van der Waals surface area (Å²) in [5, 5.41) is 41.8. The van der Waals surface area contributed by atoms with E-state index in [1.807, 2.05) is 6.07 Å². The summed E-state index contributed by atoms with van der Waals surface area (Å²) in [6.07, 6.45) is 3.09. The van der Waals surface area contributed by atoms with Gasteiger partial charge >= 0.3 is 0 Å². The average molecular weight is 323 g/mol. The minimum atomic E-state index is -1.03. The van der Waals surface area contributed by atoms with E-state index in [2.05, 4.69) is 29.6 Å². The van der Waals surface area contributed by atoms with E-state index in [1.165, 1.54) is 5.56 Å². The Bertz CT molecular complexity index is 442. The van der Waals surface area contributed by atoms with Crippen LogP contribution in [0.1, 0.15) is 37.7 Å². The molecule has 5 heteroatoms. The van der Waals surface area contributed by atoms with Crippen LogP contribution in [0.15, 0.2) is 30.3 Å². The molecule has 2 rings (SSSR count). The van der Waals surface area contributed by atoms with Crippen LogP contribution >= 0.6 is 0 Å². The molecule has 130 valence electrons. The lowest BCUT2D eigenvalue weighted by Gasteiger charge is -2.22. The zero-order valence-electron chi connectivity index (χ0n) is 13.5. The second-order valence-electron chi connectivity index (χ2n) is 6.47. The lowest BCUT2D eigenvalue weighted by molar-refractivity contribution is -0.00443.